The van der Waals surface area contributed by atoms with Gasteiger partial charge in [-0.2, -0.15) is 0 Å². The van der Waals surface area contributed by atoms with E-state index in [4.69, 9.17) is 11.6 Å². The van der Waals surface area contributed by atoms with Crippen molar-refractivity contribution in [1.29, 1.82) is 0 Å². The topological polar surface area (TPSA) is 77.2 Å². The number of nitrogens with one attached hydrogen (secondary N) is 1. The zero-order chi connectivity index (χ0) is 13.1. The zero-order valence-electron chi connectivity index (χ0n) is 9.04. The summed E-state index contributed by atoms with van der Waals surface area (Å²) < 4.78 is 1.47. The largest absolute Gasteiger partial charge is 0.287 e. The van der Waals surface area contributed by atoms with Crippen LogP contribution < -0.4 is 5.43 Å². The van der Waals surface area contributed by atoms with Crippen LogP contribution in [0.5, 0.6) is 0 Å². The van der Waals surface area contributed by atoms with Crippen molar-refractivity contribution in [3.63, 3.8) is 0 Å². The number of halogens is 1. The van der Waals surface area contributed by atoms with Gasteiger partial charge in [-0.1, -0.05) is 11.6 Å². The van der Waals surface area contributed by atoms with Crippen LogP contribution in [0.15, 0.2) is 42.7 Å². The van der Waals surface area contributed by atoms with Gasteiger partial charge in [0.05, 0.1) is 4.92 Å². The van der Waals surface area contributed by atoms with Gasteiger partial charge in [0.2, 0.25) is 0 Å². The summed E-state index contributed by atoms with van der Waals surface area (Å²) in [6.07, 6.45) is 3.32. The Kier molecular flexibility index (Phi) is 3.29. The second kappa shape index (κ2) is 4.89. The van der Waals surface area contributed by atoms with Crippen LogP contribution >= 0.6 is 11.6 Å². The SMILES string of the molecule is O=C(Nn1cccc1)c1ccc([N+](=O)[O-])c(Cl)c1. The van der Waals surface area contributed by atoms with Crippen molar-refractivity contribution in [3.05, 3.63) is 63.4 Å². The highest BCUT2D eigenvalue weighted by Crippen LogP contribution is 2.24. The quantitative estimate of drug-likeness (QED) is 0.684. The number of nitrogens with zero attached hydrogens (tertiary/aromatic N) is 2. The van der Waals surface area contributed by atoms with Crippen LogP contribution in [-0.4, -0.2) is 15.5 Å². The Morgan fingerprint density at radius 2 is 2.00 bits per heavy atom. The lowest BCUT2D eigenvalue weighted by atomic mass is 10.2. The van der Waals surface area contributed by atoms with E-state index in [2.05, 4.69) is 5.43 Å². The molecule has 92 valence electrons. The van der Waals surface area contributed by atoms with Gasteiger partial charge >= 0.3 is 0 Å². The summed E-state index contributed by atoms with van der Waals surface area (Å²) >= 11 is 5.72. The zero-order valence-corrected chi connectivity index (χ0v) is 9.79. The minimum absolute atomic E-state index is 0.0693. The van der Waals surface area contributed by atoms with Crippen molar-refractivity contribution in [2.24, 2.45) is 0 Å². The number of aromatic nitrogens is 1. The van der Waals surface area contributed by atoms with Gasteiger partial charge in [0.15, 0.2) is 0 Å². The molecule has 0 aliphatic carbocycles. The van der Waals surface area contributed by atoms with E-state index < -0.39 is 10.8 Å². The Balaban J connectivity index is 2.21. The first-order valence-corrected chi connectivity index (χ1v) is 5.34. The second-order valence-electron chi connectivity index (χ2n) is 3.45. The maximum atomic E-state index is 11.8. The summed E-state index contributed by atoms with van der Waals surface area (Å²) in [5.74, 6) is -0.400. The molecule has 1 heterocycles. The van der Waals surface area contributed by atoms with E-state index in [1.807, 2.05) is 0 Å². The first-order chi connectivity index (χ1) is 8.58. The van der Waals surface area contributed by atoms with E-state index in [0.29, 0.717) is 0 Å². The van der Waals surface area contributed by atoms with Crippen molar-refractivity contribution in [1.82, 2.24) is 4.68 Å². The van der Waals surface area contributed by atoms with Gasteiger partial charge in [0.25, 0.3) is 11.6 Å². The molecule has 0 aliphatic heterocycles. The number of nitro benzene ring substituents is 1. The third-order valence-electron chi connectivity index (χ3n) is 2.24. The minimum atomic E-state index is -0.601. The molecule has 0 aliphatic rings. The Morgan fingerprint density at radius 1 is 1.33 bits per heavy atom. The molecule has 1 N–H and O–H groups in total. The van der Waals surface area contributed by atoms with E-state index in [1.165, 1.54) is 22.9 Å². The normalized spacial score (nSPS) is 10.1. The maximum Gasteiger partial charge on any atom is 0.287 e. The van der Waals surface area contributed by atoms with Crippen LogP contribution in [0.4, 0.5) is 5.69 Å². The predicted octanol–water partition coefficient (Wildman–Crippen LogP) is 2.43. The summed E-state index contributed by atoms with van der Waals surface area (Å²) in [5, 5.41) is 10.5. The lowest BCUT2D eigenvalue weighted by molar-refractivity contribution is -0.384. The molecule has 7 heteroatoms. The average Bonchev–Trinajstić information content (AvgIpc) is 2.81. The van der Waals surface area contributed by atoms with Gasteiger partial charge < -0.3 is 0 Å². The number of amides is 1. The van der Waals surface area contributed by atoms with Crippen LogP contribution in [-0.2, 0) is 0 Å². The molecule has 0 radical (unpaired) electrons. The Hall–Kier alpha value is -2.34. The lowest BCUT2D eigenvalue weighted by Crippen LogP contribution is -2.21. The van der Waals surface area contributed by atoms with Crippen LogP contribution in [0.25, 0.3) is 0 Å². The molecule has 2 aromatic rings. The standard InChI is InChI=1S/C11H8ClN3O3/c12-9-7-8(3-4-10(9)15(17)18)11(16)13-14-5-1-2-6-14/h1-7H,(H,13,16). The van der Waals surface area contributed by atoms with Crippen LogP contribution in [0.1, 0.15) is 10.4 Å². The molecular formula is C11H8ClN3O3. The van der Waals surface area contributed by atoms with Crippen molar-refractivity contribution in [2.45, 2.75) is 0 Å². The van der Waals surface area contributed by atoms with E-state index in [1.54, 1.807) is 24.5 Å². The first kappa shape index (κ1) is 12.1. The van der Waals surface area contributed by atoms with Gasteiger partial charge in [-0.25, -0.2) is 0 Å². The summed E-state index contributed by atoms with van der Waals surface area (Å²) in [7, 11) is 0. The molecule has 0 spiro atoms. The lowest BCUT2D eigenvalue weighted by Gasteiger charge is -2.06. The van der Waals surface area contributed by atoms with Gasteiger partial charge in [0.1, 0.15) is 5.02 Å². The Bertz CT molecular complexity index is 596. The summed E-state index contributed by atoms with van der Waals surface area (Å²) in [4.78, 5) is 21.8. The van der Waals surface area contributed by atoms with Crippen molar-refractivity contribution in [3.8, 4) is 0 Å². The van der Waals surface area contributed by atoms with Crippen molar-refractivity contribution in [2.75, 3.05) is 5.43 Å². The van der Waals surface area contributed by atoms with Crippen molar-refractivity contribution < 1.29 is 9.72 Å². The summed E-state index contributed by atoms with van der Waals surface area (Å²) in [5.41, 5.74) is 2.59. The fourth-order valence-corrected chi connectivity index (χ4v) is 1.64. The van der Waals surface area contributed by atoms with Crippen molar-refractivity contribution >= 4 is 23.2 Å². The second-order valence-corrected chi connectivity index (χ2v) is 3.86. The van der Waals surface area contributed by atoms with Crippen LogP contribution in [0.3, 0.4) is 0 Å². The molecule has 0 unspecified atom stereocenters. The molecule has 0 saturated carbocycles. The molecule has 0 atom stereocenters. The predicted molar refractivity (Wildman–Crippen MR) is 66.2 cm³/mol. The number of benzene rings is 1. The highest BCUT2D eigenvalue weighted by atomic mass is 35.5. The number of hydrogen-bond acceptors (Lipinski definition) is 3. The molecule has 0 bridgehead atoms. The molecule has 1 aromatic heterocycles. The molecule has 0 saturated heterocycles. The number of carbonyl (C=O) groups excluding carboxylic acids is 1. The van der Waals surface area contributed by atoms with Gasteiger partial charge in [-0.05, 0) is 24.3 Å². The van der Waals surface area contributed by atoms with Gasteiger partial charge in [-0.3, -0.25) is 25.0 Å². The highest BCUT2D eigenvalue weighted by molar-refractivity contribution is 6.33. The molecule has 1 amide bonds. The highest BCUT2D eigenvalue weighted by Gasteiger charge is 2.15. The fourth-order valence-electron chi connectivity index (χ4n) is 1.39. The van der Waals surface area contributed by atoms with E-state index in [-0.39, 0.29) is 16.3 Å². The number of carbonyl (C=O) groups is 1. The van der Waals surface area contributed by atoms with Gasteiger partial charge in [-0.15, -0.1) is 0 Å². The molecular weight excluding hydrogens is 258 g/mol. The van der Waals surface area contributed by atoms with Crippen LogP contribution in [0.2, 0.25) is 5.02 Å². The van der Waals surface area contributed by atoms with Crippen LogP contribution in [0, 0.1) is 10.1 Å². The minimum Gasteiger partial charge on any atom is -0.268 e. The fraction of sp³-hybridized carbons (Fsp3) is 0. The Morgan fingerprint density at radius 3 is 2.56 bits per heavy atom. The van der Waals surface area contributed by atoms with E-state index in [9.17, 15) is 14.9 Å². The number of rotatable bonds is 3. The van der Waals surface area contributed by atoms with Gasteiger partial charge in [0, 0.05) is 24.0 Å². The number of hydrogen-bond donors (Lipinski definition) is 1. The smallest absolute Gasteiger partial charge is 0.268 e. The monoisotopic (exact) mass is 265 g/mol. The first-order valence-electron chi connectivity index (χ1n) is 4.96. The summed E-state index contributed by atoms with van der Waals surface area (Å²) in [6, 6.07) is 7.32. The summed E-state index contributed by atoms with van der Waals surface area (Å²) in [6.45, 7) is 0. The van der Waals surface area contributed by atoms with E-state index in [0.717, 1.165) is 0 Å². The number of nitro groups is 1. The molecule has 0 fully saturated rings. The maximum absolute atomic E-state index is 11.8. The molecule has 18 heavy (non-hydrogen) atoms. The molecule has 6 nitrogen and oxygen atoms in total. The Labute approximate surface area is 107 Å². The molecule has 2 rings (SSSR count). The molecule has 1 aromatic carbocycles. The van der Waals surface area contributed by atoms with E-state index >= 15 is 0 Å². The third kappa shape index (κ3) is 2.49. The average molecular weight is 266 g/mol. The third-order valence-corrected chi connectivity index (χ3v) is 2.54.